The third kappa shape index (κ3) is 5.07. The molecule has 32 heavy (non-hydrogen) atoms. The second-order valence-electron chi connectivity index (χ2n) is 9.05. The van der Waals surface area contributed by atoms with Crippen LogP contribution in [0.3, 0.4) is 0 Å². The summed E-state index contributed by atoms with van der Waals surface area (Å²) in [6.45, 7) is 2.50. The predicted octanol–water partition coefficient (Wildman–Crippen LogP) is 2.70. The summed E-state index contributed by atoms with van der Waals surface area (Å²) in [4.78, 5) is 52.6. The molecule has 3 atom stereocenters. The van der Waals surface area contributed by atoms with Gasteiger partial charge in [-0.05, 0) is 38.5 Å². The minimum Gasteiger partial charge on any atom is -0.479 e. The van der Waals surface area contributed by atoms with Crippen LogP contribution in [0.4, 0.5) is 4.79 Å². The largest absolute Gasteiger partial charge is 0.479 e. The molecule has 3 unspecified atom stereocenters. The highest BCUT2D eigenvalue weighted by Gasteiger charge is 2.63. The Bertz CT molecular complexity index is 769. The summed E-state index contributed by atoms with van der Waals surface area (Å²) >= 11 is 0. The van der Waals surface area contributed by atoms with Gasteiger partial charge in [-0.1, -0.05) is 38.3 Å². The summed E-state index contributed by atoms with van der Waals surface area (Å²) in [5.41, 5.74) is -3.05. The Morgan fingerprint density at radius 3 is 2.78 bits per heavy atom. The van der Waals surface area contributed by atoms with Crippen molar-refractivity contribution in [3.8, 4) is 0 Å². The molecular formula is C23H35N3O6. The molecule has 0 radical (unpaired) electrons. The van der Waals surface area contributed by atoms with Gasteiger partial charge in [-0.15, -0.1) is 0 Å². The fourth-order valence-corrected chi connectivity index (χ4v) is 4.65. The van der Waals surface area contributed by atoms with Crippen molar-refractivity contribution in [1.29, 1.82) is 0 Å². The third-order valence-electron chi connectivity index (χ3n) is 6.71. The number of carbonyl (C=O) groups excluding carboxylic acids is 3. The fraction of sp³-hybridized carbons (Fsp3) is 0.739. The zero-order valence-electron chi connectivity index (χ0n) is 18.9. The summed E-state index contributed by atoms with van der Waals surface area (Å²) in [5.74, 6) is -2.30. The number of carbonyl (C=O) groups is 4. The van der Waals surface area contributed by atoms with E-state index < -0.39 is 29.2 Å². The van der Waals surface area contributed by atoms with Crippen LogP contribution in [0.5, 0.6) is 0 Å². The number of amides is 3. The Morgan fingerprint density at radius 2 is 2.03 bits per heavy atom. The summed E-state index contributed by atoms with van der Waals surface area (Å²) in [7, 11) is 0. The first-order valence-corrected chi connectivity index (χ1v) is 11.8. The average Bonchev–Trinajstić information content (AvgIpc) is 3.28. The van der Waals surface area contributed by atoms with Crippen molar-refractivity contribution in [1.82, 2.24) is 15.5 Å². The van der Waals surface area contributed by atoms with Gasteiger partial charge in [-0.3, -0.25) is 14.9 Å². The molecule has 0 bridgehead atoms. The standard InChI is InChI=1S/C23H35N3O6/c1-2-3-15-32-21(31)25-23-13-10-14-26(23)18(27)12-9-7-5-4-6-8-11-17-16-22(17,20(29)30)24-19(23)28/h8,11,17H,2-7,9-10,12-16H2,1H3,(H,24,28)(H,25,31)(H,29,30)/b11-8-. The molecule has 0 aromatic carbocycles. The summed E-state index contributed by atoms with van der Waals surface area (Å²) in [5, 5.41) is 15.2. The maximum Gasteiger partial charge on any atom is 0.409 e. The molecule has 1 saturated heterocycles. The lowest BCUT2D eigenvalue weighted by molar-refractivity contribution is -0.150. The number of nitrogens with zero attached hydrogens (tertiary/aromatic N) is 1. The fourth-order valence-electron chi connectivity index (χ4n) is 4.65. The third-order valence-corrected chi connectivity index (χ3v) is 6.71. The number of nitrogens with one attached hydrogen (secondary N) is 2. The second-order valence-corrected chi connectivity index (χ2v) is 9.05. The Morgan fingerprint density at radius 1 is 1.25 bits per heavy atom. The number of ether oxygens (including phenoxy) is 1. The molecule has 1 aliphatic carbocycles. The topological polar surface area (TPSA) is 125 Å². The van der Waals surface area contributed by atoms with Crippen molar-refractivity contribution in [2.45, 2.75) is 88.8 Å². The van der Waals surface area contributed by atoms with Gasteiger partial charge in [-0.25, -0.2) is 9.59 Å². The Kier molecular flexibility index (Phi) is 7.79. The molecule has 9 heteroatoms. The number of fused-ring (bicyclic) bond motifs is 2. The van der Waals surface area contributed by atoms with E-state index in [1.807, 2.05) is 19.1 Å². The van der Waals surface area contributed by atoms with E-state index in [2.05, 4.69) is 10.6 Å². The summed E-state index contributed by atoms with van der Waals surface area (Å²) in [6.07, 6.45) is 10.3. The summed E-state index contributed by atoms with van der Waals surface area (Å²) in [6, 6.07) is 0. The first-order chi connectivity index (χ1) is 15.4. The molecule has 0 aromatic heterocycles. The van der Waals surface area contributed by atoms with Gasteiger partial charge >= 0.3 is 12.1 Å². The van der Waals surface area contributed by atoms with Gasteiger partial charge < -0.3 is 20.1 Å². The highest BCUT2D eigenvalue weighted by molar-refractivity contribution is 5.98. The number of carboxylic acids is 1. The van der Waals surface area contributed by atoms with Crippen LogP contribution in [0.15, 0.2) is 12.2 Å². The highest BCUT2D eigenvalue weighted by Crippen LogP contribution is 2.46. The van der Waals surface area contributed by atoms with E-state index >= 15 is 0 Å². The lowest BCUT2D eigenvalue weighted by Crippen LogP contribution is -2.69. The number of aliphatic carboxylic acids is 1. The molecule has 0 aromatic rings. The van der Waals surface area contributed by atoms with E-state index in [-0.39, 0.29) is 37.7 Å². The van der Waals surface area contributed by atoms with E-state index in [4.69, 9.17) is 4.74 Å². The van der Waals surface area contributed by atoms with Crippen LogP contribution >= 0.6 is 0 Å². The zero-order chi connectivity index (χ0) is 23.2. The quantitative estimate of drug-likeness (QED) is 0.438. The molecule has 1 saturated carbocycles. The Labute approximate surface area is 188 Å². The number of allylic oxidation sites excluding steroid dienone is 1. The lowest BCUT2D eigenvalue weighted by Gasteiger charge is -2.38. The van der Waals surface area contributed by atoms with Crippen LogP contribution in [0, 0.1) is 5.92 Å². The van der Waals surface area contributed by atoms with E-state index in [1.54, 1.807) is 0 Å². The van der Waals surface area contributed by atoms with Gasteiger partial charge in [0.1, 0.15) is 5.54 Å². The predicted molar refractivity (Wildman–Crippen MR) is 117 cm³/mol. The van der Waals surface area contributed by atoms with Crippen LogP contribution in [0.25, 0.3) is 0 Å². The molecule has 2 aliphatic heterocycles. The van der Waals surface area contributed by atoms with Gasteiger partial charge in [-0.2, -0.15) is 0 Å². The molecule has 178 valence electrons. The first kappa shape index (κ1) is 24.1. The number of unbranched alkanes of at least 4 members (excludes halogenated alkanes) is 1. The highest BCUT2D eigenvalue weighted by atomic mass is 16.5. The van der Waals surface area contributed by atoms with Crippen molar-refractivity contribution in [2.75, 3.05) is 13.2 Å². The molecule has 9 nitrogen and oxygen atoms in total. The van der Waals surface area contributed by atoms with E-state index in [0.29, 0.717) is 25.8 Å². The number of hydrogen-bond donors (Lipinski definition) is 3. The number of carboxylic acid groups (broad SMARTS) is 1. The van der Waals surface area contributed by atoms with Crippen molar-refractivity contribution in [2.24, 2.45) is 5.92 Å². The average molecular weight is 450 g/mol. The molecule has 2 heterocycles. The minimum absolute atomic E-state index is 0.208. The van der Waals surface area contributed by atoms with Gasteiger partial charge in [0.05, 0.1) is 6.61 Å². The normalized spacial score (nSPS) is 31.9. The van der Waals surface area contributed by atoms with Gasteiger partial charge in [0, 0.05) is 25.3 Å². The van der Waals surface area contributed by atoms with Crippen LogP contribution in [-0.4, -0.2) is 58.2 Å². The van der Waals surface area contributed by atoms with Crippen molar-refractivity contribution < 1.29 is 29.0 Å². The smallest absolute Gasteiger partial charge is 0.409 e. The van der Waals surface area contributed by atoms with E-state index in [0.717, 1.165) is 32.1 Å². The number of rotatable bonds is 5. The second kappa shape index (κ2) is 10.4. The van der Waals surface area contributed by atoms with E-state index in [9.17, 15) is 24.3 Å². The first-order valence-electron chi connectivity index (χ1n) is 11.8. The van der Waals surface area contributed by atoms with Gasteiger partial charge in [0.25, 0.3) is 5.91 Å². The molecule has 2 fully saturated rings. The van der Waals surface area contributed by atoms with Crippen LogP contribution < -0.4 is 10.6 Å². The van der Waals surface area contributed by atoms with Crippen LogP contribution in [0.1, 0.15) is 77.6 Å². The molecule has 3 aliphatic rings. The van der Waals surface area contributed by atoms with Crippen molar-refractivity contribution in [3.63, 3.8) is 0 Å². The molecule has 3 amide bonds. The molecule has 3 N–H and O–H groups in total. The van der Waals surface area contributed by atoms with Crippen molar-refractivity contribution >= 4 is 23.9 Å². The number of alkyl carbamates (subject to hydrolysis) is 1. The molecule has 3 rings (SSSR count). The zero-order valence-corrected chi connectivity index (χ0v) is 18.9. The molecular weight excluding hydrogens is 414 g/mol. The monoisotopic (exact) mass is 449 g/mol. The Balaban J connectivity index is 1.88. The van der Waals surface area contributed by atoms with Gasteiger partial charge in [0.15, 0.2) is 5.66 Å². The maximum atomic E-state index is 13.6. The van der Waals surface area contributed by atoms with Crippen LogP contribution in [0.2, 0.25) is 0 Å². The van der Waals surface area contributed by atoms with Crippen LogP contribution in [-0.2, 0) is 19.1 Å². The molecule has 0 spiro atoms. The SMILES string of the molecule is CCCCOC(=O)NC12CCCN1C(=O)CCCCCC/C=C\C1CC1(C(=O)O)NC2=O. The lowest BCUT2D eigenvalue weighted by atomic mass is 10.0. The minimum atomic E-state index is -1.64. The maximum absolute atomic E-state index is 13.6. The number of hydrogen-bond acceptors (Lipinski definition) is 5. The van der Waals surface area contributed by atoms with Gasteiger partial charge in [0.2, 0.25) is 5.91 Å². The van der Waals surface area contributed by atoms with E-state index in [1.165, 1.54) is 4.90 Å². The van der Waals surface area contributed by atoms with Crippen molar-refractivity contribution in [3.05, 3.63) is 12.2 Å². The Hall–Kier alpha value is -2.58. The summed E-state index contributed by atoms with van der Waals surface area (Å²) < 4.78 is 5.21.